The van der Waals surface area contributed by atoms with Crippen LogP contribution in [0.3, 0.4) is 0 Å². The van der Waals surface area contributed by atoms with Crippen LogP contribution in [0.15, 0.2) is 48.8 Å². The van der Waals surface area contributed by atoms with Crippen LogP contribution in [0, 0.1) is 5.82 Å². The molecule has 2 aromatic carbocycles. The second kappa shape index (κ2) is 7.12. The number of benzene rings is 2. The third-order valence-electron chi connectivity index (χ3n) is 3.77. The Bertz CT molecular complexity index is 908. The van der Waals surface area contributed by atoms with Gasteiger partial charge < -0.3 is 14.6 Å². The average Bonchev–Trinajstić information content (AvgIpc) is 3.08. The molecule has 128 valence electrons. The summed E-state index contributed by atoms with van der Waals surface area (Å²) in [5.41, 5.74) is 1.71. The van der Waals surface area contributed by atoms with E-state index in [0.717, 1.165) is 11.6 Å². The van der Waals surface area contributed by atoms with Crippen molar-refractivity contribution >= 4 is 22.9 Å². The van der Waals surface area contributed by atoms with Crippen molar-refractivity contribution in [2.75, 3.05) is 13.7 Å². The third kappa shape index (κ3) is 3.65. The lowest BCUT2D eigenvalue weighted by Gasteiger charge is -2.22. The number of amides is 1. The van der Waals surface area contributed by atoms with Crippen LogP contribution in [-0.2, 0) is 16.1 Å². The van der Waals surface area contributed by atoms with Crippen molar-refractivity contribution < 1.29 is 18.7 Å². The molecule has 0 aliphatic rings. The zero-order valence-corrected chi connectivity index (χ0v) is 13.5. The molecular weight excluding hydrogens is 325 g/mol. The lowest BCUT2D eigenvalue weighted by Crippen LogP contribution is -2.36. The molecule has 0 fully saturated rings. The number of rotatable bonds is 5. The summed E-state index contributed by atoms with van der Waals surface area (Å²) >= 11 is 0. The van der Waals surface area contributed by atoms with Gasteiger partial charge in [-0.25, -0.2) is 9.37 Å². The molecule has 1 aromatic heterocycles. The smallest absolute Gasteiger partial charge is 0.325 e. The van der Waals surface area contributed by atoms with Crippen molar-refractivity contribution in [1.29, 1.82) is 0 Å². The number of ether oxygens (including phenoxy) is 1. The quantitative estimate of drug-likeness (QED) is 0.724. The summed E-state index contributed by atoms with van der Waals surface area (Å²) in [6.45, 7) is -0.0517. The van der Waals surface area contributed by atoms with E-state index in [-0.39, 0.29) is 18.7 Å². The molecule has 0 aliphatic carbocycles. The summed E-state index contributed by atoms with van der Waals surface area (Å²) in [5, 5.41) is 0. The molecule has 0 spiro atoms. The number of carbonyl (C=O) groups is 2. The second-order valence-electron chi connectivity index (χ2n) is 5.47. The molecule has 0 radical (unpaired) electrons. The van der Waals surface area contributed by atoms with Crippen LogP contribution >= 0.6 is 0 Å². The second-order valence-corrected chi connectivity index (χ2v) is 5.47. The van der Waals surface area contributed by atoms with Gasteiger partial charge in [-0.05, 0) is 17.7 Å². The number of aromatic nitrogens is 2. The van der Waals surface area contributed by atoms with Gasteiger partial charge in [0, 0.05) is 6.54 Å². The predicted molar refractivity (Wildman–Crippen MR) is 89.3 cm³/mol. The first-order valence-corrected chi connectivity index (χ1v) is 7.61. The van der Waals surface area contributed by atoms with Crippen molar-refractivity contribution in [3.63, 3.8) is 0 Å². The molecule has 1 heterocycles. The maximum absolute atomic E-state index is 13.8. The monoisotopic (exact) mass is 341 g/mol. The van der Waals surface area contributed by atoms with E-state index in [1.54, 1.807) is 0 Å². The van der Waals surface area contributed by atoms with Crippen molar-refractivity contribution in [2.24, 2.45) is 0 Å². The molecule has 3 aromatic rings. The van der Waals surface area contributed by atoms with Gasteiger partial charge in [-0.1, -0.05) is 30.3 Å². The Kier molecular flexibility index (Phi) is 4.74. The summed E-state index contributed by atoms with van der Waals surface area (Å²) in [6.07, 6.45) is 1.39. The number of H-pyrrole nitrogens is 1. The Hall–Kier alpha value is -3.22. The number of nitrogens with one attached hydrogen (secondary N) is 1. The van der Waals surface area contributed by atoms with E-state index in [1.807, 2.05) is 30.3 Å². The van der Waals surface area contributed by atoms with Gasteiger partial charge in [0.25, 0.3) is 5.91 Å². The van der Waals surface area contributed by atoms with Gasteiger partial charge >= 0.3 is 5.97 Å². The summed E-state index contributed by atoms with van der Waals surface area (Å²) in [6, 6.07) is 11.6. The largest absolute Gasteiger partial charge is 0.468 e. The summed E-state index contributed by atoms with van der Waals surface area (Å²) in [5.74, 6) is -1.61. The highest BCUT2D eigenvalue weighted by molar-refractivity contribution is 6.05. The SMILES string of the molecule is COC(=O)CN(Cc1ccccc1)C(=O)c1cc(F)cc2[nH]cnc12. The molecule has 6 nitrogen and oxygen atoms in total. The Balaban J connectivity index is 1.97. The average molecular weight is 341 g/mol. The molecule has 0 saturated heterocycles. The maximum Gasteiger partial charge on any atom is 0.325 e. The van der Waals surface area contributed by atoms with E-state index >= 15 is 0 Å². The number of imidazole rings is 1. The van der Waals surface area contributed by atoms with Gasteiger partial charge in [0.15, 0.2) is 0 Å². The van der Waals surface area contributed by atoms with Crippen LogP contribution in [-0.4, -0.2) is 40.4 Å². The normalized spacial score (nSPS) is 10.6. The molecule has 25 heavy (non-hydrogen) atoms. The summed E-state index contributed by atoms with van der Waals surface area (Å²) in [7, 11) is 1.25. The van der Waals surface area contributed by atoms with E-state index in [9.17, 15) is 14.0 Å². The van der Waals surface area contributed by atoms with Crippen molar-refractivity contribution in [1.82, 2.24) is 14.9 Å². The van der Waals surface area contributed by atoms with E-state index in [2.05, 4.69) is 14.7 Å². The van der Waals surface area contributed by atoms with Crippen molar-refractivity contribution in [3.05, 3.63) is 65.7 Å². The Labute approximate surface area is 143 Å². The number of hydrogen-bond acceptors (Lipinski definition) is 4. The first-order valence-electron chi connectivity index (χ1n) is 7.61. The van der Waals surface area contributed by atoms with Gasteiger partial charge in [0.2, 0.25) is 0 Å². The van der Waals surface area contributed by atoms with E-state index in [0.29, 0.717) is 11.0 Å². The van der Waals surface area contributed by atoms with Gasteiger partial charge in [0.1, 0.15) is 17.9 Å². The van der Waals surface area contributed by atoms with Crippen molar-refractivity contribution in [3.8, 4) is 0 Å². The highest BCUT2D eigenvalue weighted by Gasteiger charge is 2.23. The summed E-state index contributed by atoms with van der Waals surface area (Å²) < 4.78 is 18.5. The van der Waals surface area contributed by atoms with Crippen LogP contribution in [0.25, 0.3) is 11.0 Å². The number of esters is 1. The molecule has 0 aliphatic heterocycles. The molecule has 1 amide bonds. The Morgan fingerprint density at radius 1 is 1.24 bits per heavy atom. The Morgan fingerprint density at radius 2 is 2.00 bits per heavy atom. The van der Waals surface area contributed by atoms with Gasteiger partial charge in [-0.2, -0.15) is 0 Å². The third-order valence-corrected chi connectivity index (χ3v) is 3.77. The van der Waals surface area contributed by atoms with E-state index in [4.69, 9.17) is 0 Å². The van der Waals surface area contributed by atoms with Crippen LogP contribution in [0.5, 0.6) is 0 Å². The molecule has 1 N–H and O–H groups in total. The molecular formula is C18H16FN3O3. The zero-order valence-electron chi connectivity index (χ0n) is 13.5. The molecule has 3 rings (SSSR count). The fourth-order valence-electron chi connectivity index (χ4n) is 2.57. The first kappa shape index (κ1) is 16.6. The van der Waals surface area contributed by atoms with Crippen LogP contribution < -0.4 is 0 Å². The van der Waals surface area contributed by atoms with Crippen LogP contribution in [0.4, 0.5) is 4.39 Å². The van der Waals surface area contributed by atoms with E-state index < -0.39 is 17.7 Å². The molecule has 0 unspecified atom stereocenters. The summed E-state index contributed by atoms with van der Waals surface area (Å²) in [4.78, 5) is 32.9. The standard InChI is InChI=1S/C18H16FN3O3/c1-25-16(23)10-22(9-12-5-3-2-4-6-12)18(24)14-7-13(19)8-15-17(14)21-11-20-15/h2-8,11H,9-10H2,1H3,(H,20,21). The Morgan fingerprint density at radius 3 is 2.72 bits per heavy atom. The predicted octanol–water partition coefficient (Wildman–Crippen LogP) is 2.52. The fourth-order valence-corrected chi connectivity index (χ4v) is 2.57. The zero-order chi connectivity index (χ0) is 17.8. The minimum Gasteiger partial charge on any atom is -0.468 e. The van der Waals surface area contributed by atoms with Gasteiger partial charge in [0.05, 0.1) is 24.5 Å². The maximum atomic E-state index is 13.8. The lowest BCUT2D eigenvalue weighted by molar-refractivity contribution is -0.141. The van der Waals surface area contributed by atoms with E-state index in [1.165, 1.54) is 24.4 Å². The highest BCUT2D eigenvalue weighted by Crippen LogP contribution is 2.20. The number of hydrogen-bond donors (Lipinski definition) is 1. The molecule has 0 saturated carbocycles. The minimum atomic E-state index is -0.558. The van der Waals surface area contributed by atoms with Gasteiger partial charge in [-0.3, -0.25) is 9.59 Å². The number of fused-ring (bicyclic) bond motifs is 1. The number of carbonyl (C=O) groups excluding carboxylic acids is 2. The molecule has 0 atom stereocenters. The molecule has 7 heteroatoms. The highest BCUT2D eigenvalue weighted by atomic mass is 19.1. The van der Waals surface area contributed by atoms with Crippen molar-refractivity contribution in [2.45, 2.75) is 6.54 Å². The number of methoxy groups -OCH3 is 1. The number of aromatic amines is 1. The molecule has 0 bridgehead atoms. The number of nitrogens with zero attached hydrogens (tertiary/aromatic N) is 2. The van der Waals surface area contributed by atoms with Crippen LogP contribution in [0.2, 0.25) is 0 Å². The fraction of sp³-hybridized carbons (Fsp3) is 0.167. The number of halogens is 1. The van der Waals surface area contributed by atoms with Crippen LogP contribution in [0.1, 0.15) is 15.9 Å². The lowest BCUT2D eigenvalue weighted by atomic mass is 10.1. The van der Waals surface area contributed by atoms with Gasteiger partial charge in [-0.15, -0.1) is 0 Å². The topological polar surface area (TPSA) is 75.3 Å². The minimum absolute atomic E-state index is 0.0936. The first-order chi connectivity index (χ1) is 12.1.